The minimum atomic E-state index is -1.04. The Bertz CT molecular complexity index is 356. The normalized spacial score (nSPS) is 22.4. The van der Waals surface area contributed by atoms with E-state index in [1.807, 2.05) is 13.8 Å². The lowest BCUT2D eigenvalue weighted by molar-refractivity contribution is -0.148. The first-order valence-electron chi connectivity index (χ1n) is 5.88. The fraction of sp³-hybridized carbons (Fsp3) is 0.727. The van der Waals surface area contributed by atoms with Crippen LogP contribution in [0.5, 0.6) is 0 Å². The summed E-state index contributed by atoms with van der Waals surface area (Å²) in [5, 5.41) is 14.3. The number of carboxylic acids is 1. The molecule has 2 amide bonds. The highest BCUT2D eigenvalue weighted by atomic mass is 16.4. The molecule has 0 spiro atoms. The third-order valence-electron chi connectivity index (χ3n) is 2.81. The van der Waals surface area contributed by atoms with E-state index >= 15 is 0 Å². The zero-order valence-electron chi connectivity index (χ0n) is 10.8. The molecule has 1 aliphatic rings. The summed E-state index contributed by atoms with van der Waals surface area (Å²) < 4.78 is 0. The van der Waals surface area contributed by atoms with E-state index in [2.05, 4.69) is 10.6 Å². The summed E-state index contributed by atoms with van der Waals surface area (Å²) in [5.74, 6) is -1.58. The summed E-state index contributed by atoms with van der Waals surface area (Å²) in [5.41, 5.74) is 0. The largest absolute Gasteiger partial charge is 0.480 e. The van der Waals surface area contributed by atoms with Crippen molar-refractivity contribution in [2.24, 2.45) is 0 Å². The minimum Gasteiger partial charge on any atom is -0.480 e. The molecule has 0 aliphatic carbocycles. The van der Waals surface area contributed by atoms with Gasteiger partial charge >= 0.3 is 5.97 Å². The van der Waals surface area contributed by atoms with Gasteiger partial charge in [0.1, 0.15) is 6.04 Å². The number of hydrogen-bond acceptors (Lipinski definition) is 4. The lowest BCUT2D eigenvalue weighted by atomic mass is 10.1. The molecule has 1 aliphatic heterocycles. The van der Waals surface area contributed by atoms with Crippen LogP contribution in [0.2, 0.25) is 0 Å². The van der Waals surface area contributed by atoms with Crippen LogP contribution >= 0.6 is 0 Å². The summed E-state index contributed by atoms with van der Waals surface area (Å²) in [6.45, 7) is 5.19. The van der Waals surface area contributed by atoms with Crippen LogP contribution in [0, 0.1) is 0 Å². The van der Waals surface area contributed by atoms with Crippen LogP contribution in [0.4, 0.5) is 0 Å². The summed E-state index contributed by atoms with van der Waals surface area (Å²) in [6.07, 6.45) is 0. The molecule has 0 bridgehead atoms. The van der Waals surface area contributed by atoms with E-state index < -0.39 is 18.1 Å². The first-order chi connectivity index (χ1) is 8.32. The molecule has 0 saturated carbocycles. The SMILES string of the molecule is CC(C)NC(=O)C(C)N1CC(=O)NCC1C(=O)O. The molecule has 3 N–H and O–H groups in total. The smallest absolute Gasteiger partial charge is 0.322 e. The van der Waals surface area contributed by atoms with Gasteiger partial charge in [-0.05, 0) is 20.8 Å². The second-order valence-corrected chi connectivity index (χ2v) is 4.67. The number of carbonyl (C=O) groups is 3. The number of aliphatic carboxylic acids is 1. The van der Waals surface area contributed by atoms with Gasteiger partial charge in [0, 0.05) is 12.6 Å². The molecule has 0 aromatic carbocycles. The van der Waals surface area contributed by atoms with Crippen LogP contribution in [0.3, 0.4) is 0 Å². The van der Waals surface area contributed by atoms with Crippen LogP contribution in [-0.2, 0) is 14.4 Å². The quantitative estimate of drug-likeness (QED) is 0.586. The highest BCUT2D eigenvalue weighted by molar-refractivity contribution is 5.87. The highest BCUT2D eigenvalue weighted by Crippen LogP contribution is 2.10. The topological polar surface area (TPSA) is 98.7 Å². The fourth-order valence-electron chi connectivity index (χ4n) is 1.85. The second-order valence-electron chi connectivity index (χ2n) is 4.67. The van der Waals surface area contributed by atoms with E-state index in [4.69, 9.17) is 5.11 Å². The van der Waals surface area contributed by atoms with Crippen molar-refractivity contribution in [2.75, 3.05) is 13.1 Å². The van der Waals surface area contributed by atoms with Crippen molar-refractivity contribution >= 4 is 17.8 Å². The number of piperazine rings is 1. The van der Waals surface area contributed by atoms with E-state index in [1.54, 1.807) is 6.92 Å². The molecule has 1 heterocycles. The predicted octanol–water partition coefficient (Wildman–Crippen LogP) is -1.22. The first-order valence-corrected chi connectivity index (χ1v) is 5.88. The zero-order chi connectivity index (χ0) is 13.9. The number of carboxylic acid groups (broad SMARTS) is 1. The molecule has 2 atom stereocenters. The van der Waals surface area contributed by atoms with Gasteiger partial charge in [0.2, 0.25) is 11.8 Å². The Balaban J connectivity index is 2.78. The molecule has 1 fully saturated rings. The molecule has 7 heteroatoms. The number of nitrogens with zero attached hydrogens (tertiary/aromatic N) is 1. The van der Waals surface area contributed by atoms with Crippen LogP contribution < -0.4 is 10.6 Å². The van der Waals surface area contributed by atoms with Crippen molar-refractivity contribution in [1.29, 1.82) is 0 Å². The fourth-order valence-corrected chi connectivity index (χ4v) is 1.85. The van der Waals surface area contributed by atoms with Crippen molar-refractivity contribution in [3.8, 4) is 0 Å². The van der Waals surface area contributed by atoms with Gasteiger partial charge in [-0.15, -0.1) is 0 Å². The zero-order valence-corrected chi connectivity index (χ0v) is 10.8. The van der Waals surface area contributed by atoms with Crippen LogP contribution in [0.25, 0.3) is 0 Å². The van der Waals surface area contributed by atoms with Gasteiger partial charge < -0.3 is 15.7 Å². The molecule has 2 unspecified atom stereocenters. The van der Waals surface area contributed by atoms with E-state index in [0.29, 0.717) is 0 Å². The first kappa shape index (κ1) is 14.4. The predicted molar refractivity (Wildman–Crippen MR) is 63.9 cm³/mol. The van der Waals surface area contributed by atoms with Gasteiger partial charge in [0.05, 0.1) is 12.6 Å². The summed E-state index contributed by atoms with van der Waals surface area (Å²) in [6, 6.07) is -1.54. The lowest BCUT2D eigenvalue weighted by Crippen LogP contribution is -2.62. The Kier molecular flexibility index (Phi) is 4.66. The Hall–Kier alpha value is -1.63. The molecule has 0 aromatic heterocycles. The average Bonchev–Trinajstić information content (AvgIpc) is 2.26. The molecule has 7 nitrogen and oxygen atoms in total. The van der Waals surface area contributed by atoms with E-state index in [-0.39, 0.29) is 30.9 Å². The highest BCUT2D eigenvalue weighted by Gasteiger charge is 2.37. The maximum Gasteiger partial charge on any atom is 0.322 e. The van der Waals surface area contributed by atoms with Crippen molar-refractivity contribution < 1.29 is 19.5 Å². The van der Waals surface area contributed by atoms with Crippen molar-refractivity contribution in [3.05, 3.63) is 0 Å². The van der Waals surface area contributed by atoms with Gasteiger partial charge in [0.15, 0.2) is 0 Å². The van der Waals surface area contributed by atoms with Crippen LogP contribution in [0.15, 0.2) is 0 Å². The molecule has 1 rings (SSSR count). The maximum absolute atomic E-state index is 11.9. The van der Waals surface area contributed by atoms with Crippen molar-refractivity contribution in [1.82, 2.24) is 15.5 Å². The van der Waals surface area contributed by atoms with Gasteiger partial charge in [-0.2, -0.15) is 0 Å². The van der Waals surface area contributed by atoms with E-state index in [1.165, 1.54) is 4.90 Å². The molecule has 1 saturated heterocycles. The monoisotopic (exact) mass is 257 g/mol. The molecule has 18 heavy (non-hydrogen) atoms. The third-order valence-corrected chi connectivity index (χ3v) is 2.81. The second kappa shape index (κ2) is 5.81. The summed E-state index contributed by atoms with van der Waals surface area (Å²) >= 11 is 0. The van der Waals surface area contributed by atoms with E-state index in [0.717, 1.165) is 0 Å². The molecular weight excluding hydrogens is 238 g/mol. The Morgan fingerprint density at radius 1 is 1.44 bits per heavy atom. The van der Waals surface area contributed by atoms with Crippen LogP contribution in [-0.4, -0.2) is 59.0 Å². The van der Waals surface area contributed by atoms with Gasteiger partial charge in [-0.25, -0.2) is 0 Å². The Morgan fingerprint density at radius 2 is 2.06 bits per heavy atom. The third kappa shape index (κ3) is 3.43. The molecular formula is C11H19N3O4. The standard InChI is InChI=1S/C11H19N3O4/c1-6(2)13-10(16)7(3)14-5-9(15)12-4-8(14)11(17)18/h6-8H,4-5H2,1-3H3,(H,12,15)(H,13,16)(H,17,18). The lowest BCUT2D eigenvalue weighted by Gasteiger charge is -2.36. The van der Waals surface area contributed by atoms with Gasteiger partial charge in [-0.1, -0.05) is 0 Å². The van der Waals surface area contributed by atoms with Crippen molar-refractivity contribution in [3.63, 3.8) is 0 Å². The molecule has 102 valence electrons. The summed E-state index contributed by atoms with van der Waals surface area (Å²) in [7, 11) is 0. The molecule has 0 aromatic rings. The Labute approximate surface area is 106 Å². The maximum atomic E-state index is 11.9. The van der Waals surface area contributed by atoms with Crippen LogP contribution in [0.1, 0.15) is 20.8 Å². The van der Waals surface area contributed by atoms with Gasteiger partial charge in [0.25, 0.3) is 0 Å². The number of nitrogens with one attached hydrogen (secondary N) is 2. The minimum absolute atomic E-state index is 0.0213. The van der Waals surface area contributed by atoms with Crippen molar-refractivity contribution in [2.45, 2.75) is 38.9 Å². The Morgan fingerprint density at radius 3 is 2.56 bits per heavy atom. The average molecular weight is 257 g/mol. The van der Waals surface area contributed by atoms with Gasteiger partial charge in [-0.3, -0.25) is 19.3 Å². The number of carbonyl (C=O) groups excluding carboxylic acids is 2. The van der Waals surface area contributed by atoms with E-state index in [9.17, 15) is 14.4 Å². The number of hydrogen-bond donors (Lipinski definition) is 3. The summed E-state index contributed by atoms with van der Waals surface area (Å²) in [4.78, 5) is 35.7. The molecule has 0 radical (unpaired) electrons. The number of amides is 2. The number of rotatable bonds is 4.